The summed E-state index contributed by atoms with van der Waals surface area (Å²) in [6.07, 6.45) is 2.55. The number of rotatable bonds is 5. The monoisotopic (exact) mass is 292 g/mol. The van der Waals surface area contributed by atoms with Crippen LogP contribution in [0.1, 0.15) is 50.9 Å². The molecule has 1 aromatic heterocycles. The molecule has 1 aliphatic heterocycles. The molecule has 0 saturated carbocycles. The van der Waals surface area contributed by atoms with Crippen LogP contribution >= 0.6 is 0 Å². The van der Waals surface area contributed by atoms with E-state index in [0.717, 1.165) is 55.6 Å². The molecular weight excluding hydrogens is 264 g/mol. The van der Waals surface area contributed by atoms with Gasteiger partial charge in [0.25, 0.3) is 0 Å². The summed E-state index contributed by atoms with van der Waals surface area (Å²) in [5.41, 5.74) is 1.14. The normalized spacial score (nSPS) is 16.6. The van der Waals surface area contributed by atoms with Crippen LogP contribution < -0.4 is 10.2 Å². The predicted octanol–water partition coefficient (Wildman–Crippen LogP) is 2.96. The Morgan fingerprint density at radius 1 is 1.29 bits per heavy atom. The van der Waals surface area contributed by atoms with Crippen LogP contribution in [0.15, 0.2) is 0 Å². The predicted molar refractivity (Wildman–Crippen MR) is 87.3 cm³/mol. The number of hydrogen-bond acceptors (Lipinski definition) is 5. The molecule has 0 atom stereocenters. The highest BCUT2D eigenvalue weighted by Crippen LogP contribution is 2.28. The van der Waals surface area contributed by atoms with Crippen molar-refractivity contribution in [3.8, 4) is 0 Å². The van der Waals surface area contributed by atoms with Crippen molar-refractivity contribution in [2.45, 2.75) is 52.6 Å². The summed E-state index contributed by atoms with van der Waals surface area (Å²) >= 11 is 0. The van der Waals surface area contributed by atoms with Gasteiger partial charge in [-0.05, 0) is 26.7 Å². The number of piperidine rings is 1. The van der Waals surface area contributed by atoms with Gasteiger partial charge in [-0.2, -0.15) is 0 Å². The number of nitrogens with one attached hydrogen (secondary N) is 1. The molecule has 1 aromatic rings. The molecule has 118 valence electrons. The highest BCUT2D eigenvalue weighted by Gasteiger charge is 2.23. The molecule has 0 aliphatic carbocycles. The minimum Gasteiger partial charge on any atom is -0.378 e. The first kappa shape index (κ1) is 16.0. The van der Waals surface area contributed by atoms with Crippen LogP contribution in [0, 0.1) is 6.92 Å². The fraction of sp³-hybridized carbons (Fsp3) is 0.750. The highest BCUT2D eigenvalue weighted by atomic mass is 16.5. The molecule has 2 rings (SSSR count). The Morgan fingerprint density at radius 2 is 1.95 bits per heavy atom. The van der Waals surface area contributed by atoms with E-state index in [1.165, 1.54) is 0 Å². The quantitative estimate of drug-likeness (QED) is 0.904. The summed E-state index contributed by atoms with van der Waals surface area (Å²) in [4.78, 5) is 11.8. The second-order valence-corrected chi connectivity index (χ2v) is 5.93. The SMILES string of the molecule is CCOC1CCN(c2nc(C(C)C)nc(NC)c2C)CC1. The van der Waals surface area contributed by atoms with Crippen LogP contribution in [0.3, 0.4) is 0 Å². The lowest BCUT2D eigenvalue weighted by Crippen LogP contribution is -2.38. The largest absolute Gasteiger partial charge is 0.378 e. The van der Waals surface area contributed by atoms with E-state index >= 15 is 0 Å². The third-order valence-electron chi connectivity index (χ3n) is 4.03. The van der Waals surface area contributed by atoms with Gasteiger partial charge < -0.3 is 15.0 Å². The first-order valence-corrected chi connectivity index (χ1v) is 7.99. The standard InChI is InChI=1S/C16H28N4O/c1-6-21-13-7-9-20(10-8-13)16-12(4)15(17-5)18-14(19-16)11(2)3/h11,13H,6-10H2,1-5H3,(H,17,18,19). The lowest BCUT2D eigenvalue weighted by atomic mass is 10.1. The average Bonchev–Trinajstić information content (AvgIpc) is 2.48. The van der Waals surface area contributed by atoms with Crippen LogP contribution in [0.25, 0.3) is 0 Å². The molecule has 0 radical (unpaired) electrons. The third-order valence-corrected chi connectivity index (χ3v) is 4.03. The van der Waals surface area contributed by atoms with Crippen molar-refractivity contribution in [1.29, 1.82) is 0 Å². The lowest BCUT2D eigenvalue weighted by Gasteiger charge is -2.34. The molecule has 1 saturated heterocycles. The topological polar surface area (TPSA) is 50.3 Å². The van der Waals surface area contributed by atoms with Crippen molar-refractivity contribution in [1.82, 2.24) is 9.97 Å². The van der Waals surface area contributed by atoms with Crippen molar-refractivity contribution in [3.05, 3.63) is 11.4 Å². The van der Waals surface area contributed by atoms with Gasteiger partial charge in [-0.25, -0.2) is 9.97 Å². The second kappa shape index (κ2) is 7.07. The van der Waals surface area contributed by atoms with E-state index in [1.807, 2.05) is 7.05 Å². The molecule has 0 amide bonds. The molecule has 0 unspecified atom stereocenters. The Balaban J connectivity index is 2.21. The van der Waals surface area contributed by atoms with Gasteiger partial charge >= 0.3 is 0 Å². The summed E-state index contributed by atoms with van der Waals surface area (Å²) in [5.74, 6) is 3.26. The number of nitrogens with zero attached hydrogens (tertiary/aromatic N) is 3. The van der Waals surface area contributed by atoms with Gasteiger partial charge in [0.05, 0.1) is 6.10 Å². The first-order valence-electron chi connectivity index (χ1n) is 7.99. The number of anilines is 2. The van der Waals surface area contributed by atoms with Crippen molar-refractivity contribution >= 4 is 11.6 Å². The van der Waals surface area contributed by atoms with Crippen LogP contribution in [-0.4, -0.2) is 42.8 Å². The summed E-state index contributed by atoms with van der Waals surface area (Å²) in [7, 11) is 1.92. The van der Waals surface area contributed by atoms with Crippen LogP contribution in [0.5, 0.6) is 0 Å². The fourth-order valence-electron chi connectivity index (χ4n) is 2.80. The van der Waals surface area contributed by atoms with Gasteiger partial charge in [-0.3, -0.25) is 0 Å². The summed E-state index contributed by atoms with van der Waals surface area (Å²) < 4.78 is 5.73. The molecule has 0 aromatic carbocycles. The molecular formula is C16H28N4O. The van der Waals surface area contributed by atoms with Gasteiger partial charge in [0, 0.05) is 38.2 Å². The molecule has 2 heterocycles. The maximum atomic E-state index is 5.73. The number of aromatic nitrogens is 2. The number of ether oxygens (including phenoxy) is 1. The first-order chi connectivity index (χ1) is 10.1. The Hall–Kier alpha value is -1.36. The minimum absolute atomic E-state index is 0.331. The van der Waals surface area contributed by atoms with Crippen LogP contribution in [0.4, 0.5) is 11.6 Å². The highest BCUT2D eigenvalue weighted by molar-refractivity contribution is 5.58. The molecule has 0 spiro atoms. The maximum absolute atomic E-state index is 5.73. The second-order valence-electron chi connectivity index (χ2n) is 5.93. The molecule has 21 heavy (non-hydrogen) atoms. The Morgan fingerprint density at radius 3 is 2.48 bits per heavy atom. The van der Waals surface area contributed by atoms with Crippen LogP contribution in [0.2, 0.25) is 0 Å². The van der Waals surface area contributed by atoms with Crippen LogP contribution in [-0.2, 0) is 4.74 Å². The molecule has 1 aliphatic rings. The zero-order valence-electron chi connectivity index (χ0n) is 13.9. The van der Waals surface area contributed by atoms with Gasteiger partial charge in [0.1, 0.15) is 17.5 Å². The molecule has 0 bridgehead atoms. The summed E-state index contributed by atoms with van der Waals surface area (Å²) in [5, 5.41) is 3.20. The summed E-state index contributed by atoms with van der Waals surface area (Å²) in [6.45, 7) is 11.2. The van der Waals surface area contributed by atoms with E-state index in [1.54, 1.807) is 0 Å². The Labute approximate surface area is 128 Å². The number of hydrogen-bond donors (Lipinski definition) is 1. The van der Waals surface area contributed by atoms with Gasteiger partial charge in [0.15, 0.2) is 0 Å². The smallest absolute Gasteiger partial charge is 0.137 e. The van der Waals surface area contributed by atoms with Gasteiger partial charge in [0.2, 0.25) is 0 Å². The van der Waals surface area contributed by atoms with E-state index in [4.69, 9.17) is 9.72 Å². The molecule has 5 heteroatoms. The van der Waals surface area contributed by atoms with E-state index < -0.39 is 0 Å². The molecule has 1 fully saturated rings. The molecule has 5 nitrogen and oxygen atoms in total. The Bertz CT molecular complexity index is 468. The van der Waals surface area contributed by atoms with E-state index in [0.29, 0.717) is 12.0 Å². The van der Waals surface area contributed by atoms with E-state index in [9.17, 15) is 0 Å². The van der Waals surface area contributed by atoms with Gasteiger partial charge in [-0.15, -0.1) is 0 Å². The Kier molecular flexibility index (Phi) is 5.39. The van der Waals surface area contributed by atoms with Crippen molar-refractivity contribution in [3.63, 3.8) is 0 Å². The molecule has 1 N–H and O–H groups in total. The third kappa shape index (κ3) is 3.64. The minimum atomic E-state index is 0.331. The maximum Gasteiger partial charge on any atom is 0.137 e. The zero-order valence-corrected chi connectivity index (χ0v) is 13.9. The fourth-order valence-corrected chi connectivity index (χ4v) is 2.80. The van der Waals surface area contributed by atoms with Crippen molar-refractivity contribution in [2.24, 2.45) is 0 Å². The van der Waals surface area contributed by atoms with Gasteiger partial charge in [-0.1, -0.05) is 13.8 Å². The van der Waals surface area contributed by atoms with Crippen molar-refractivity contribution < 1.29 is 4.74 Å². The summed E-state index contributed by atoms with van der Waals surface area (Å²) in [6, 6.07) is 0. The van der Waals surface area contributed by atoms with E-state index in [2.05, 4.69) is 42.9 Å². The van der Waals surface area contributed by atoms with E-state index in [-0.39, 0.29) is 0 Å². The zero-order chi connectivity index (χ0) is 15.4. The average molecular weight is 292 g/mol. The van der Waals surface area contributed by atoms with Crippen molar-refractivity contribution in [2.75, 3.05) is 37.0 Å². The lowest BCUT2D eigenvalue weighted by molar-refractivity contribution is 0.0458.